The number of hydrogen-bond acceptors (Lipinski definition) is 3. The zero-order chi connectivity index (χ0) is 11.4. The predicted molar refractivity (Wildman–Crippen MR) is 49.1 cm³/mol. The molecular weight excluding hydrogens is 200 g/mol. The Balaban J connectivity index is 2.33. The lowest BCUT2D eigenvalue weighted by Crippen LogP contribution is -2.45. The Hall–Kier alpha value is -1.10. The van der Waals surface area contributed by atoms with Crippen molar-refractivity contribution >= 4 is 11.9 Å². The van der Waals surface area contributed by atoms with Gasteiger partial charge in [-0.15, -0.1) is 0 Å². The maximum Gasteiger partial charge on any atom is 0.307 e. The number of carbonyl (C=O) groups is 2. The van der Waals surface area contributed by atoms with Gasteiger partial charge in [-0.3, -0.25) is 9.59 Å². The predicted octanol–water partition coefficient (Wildman–Crippen LogP) is 0.179. The van der Waals surface area contributed by atoms with Gasteiger partial charge in [-0.05, 0) is 25.7 Å². The van der Waals surface area contributed by atoms with Crippen LogP contribution in [0.1, 0.15) is 19.8 Å². The highest BCUT2D eigenvalue weighted by atomic mass is 16.4. The second-order valence-electron chi connectivity index (χ2n) is 4.89. The lowest BCUT2D eigenvalue weighted by atomic mass is 9.72. The second-order valence-corrected chi connectivity index (χ2v) is 4.89. The highest BCUT2D eigenvalue weighted by Gasteiger charge is 2.62. The molecule has 0 aromatic carbocycles. The van der Waals surface area contributed by atoms with Crippen LogP contribution in [0.15, 0.2) is 0 Å². The van der Waals surface area contributed by atoms with E-state index in [1.165, 1.54) is 0 Å². The van der Waals surface area contributed by atoms with Crippen LogP contribution >= 0.6 is 0 Å². The van der Waals surface area contributed by atoms with E-state index >= 15 is 0 Å². The van der Waals surface area contributed by atoms with E-state index in [2.05, 4.69) is 0 Å². The fourth-order valence-corrected chi connectivity index (χ4v) is 3.38. The van der Waals surface area contributed by atoms with Crippen LogP contribution in [0.5, 0.6) is 0 Å². The number of rotatable bonds is 2. The number of aliphatic hydroxyl groups is 1. The molecule has 0 aliphatic heterocycles. The van der Waals surface area contributed by atoms with Crippen molar-refractivity contribution in [1.29, 1.82) is 0 Å². The van der Waals surface area contributed by atoms with Crippen molar-refractivity contribution in [2.24, 2.45) is 23.7 Å². The molecule has 2 fully saturated rings. The maximum atomic E-state index is 11.0. The van der Waals surface area contributed by atoms with Gasteiger partial charge in [-0.25, -0.2) is 0 Å². The zero-order valence-electron chi connectivity index (χ0n) is 8.38. The van der Waals surface area contributed by atoms with Gasteiger partial charge in [0.05, 0.1) is 17.4 Å². The van der Waals surface area contributed by atoms with Crippen molar-refractivity contribution in [2.45, 2.75) is 25.4 Å². The van der Waals surface area contributed by atoms with Gasteiger partial charge < -0.3 is 15.3 Å². The molecule has 84 valence electrons. The summed E-state index contributed by atoms with van der Waals surface area (Å²) < 4.78 is 0. The monoisotopic (exact) mass is 214 g/mol. The molecule has 2 saturated carbocycles. The number of carboxylic acid groups (broad SMARTS) is 2. The van der Waals surface area contributed by atoms with Gasteiger partial charge in [-0.1, -0.05) is 0 Å². The van der Waals surface area contributed by atoms with E-state index in [1.54, 1.807) is 6.92 Å². The minimum atomic E-state index is -1.10. The molecule has 0 amide bonds. The van der Waals surface area contributed by atoms with E-state index in [1.807, 2.05) is 0 Å². The highest BCUT2D eigenvalue weighted by molar-refractivity contribution is 5.82. The van der Waals surface area contributed by atoms with Gasteiger partial charge in [0.15, 0.2) is 0 Å². The Morgan fingerprint density at radius 1 is 1.20 bits per heavy atom. The summed E-state index contributed by atoms with van der Waals surface area (Å²) in [5.41, 5.74) is -1.01. The van der Waals surface area contributed by atoms with E-state index in [9.17, 15) is 14.7 Å². The molecule has 3 N–H and O–H groups in total. The normalized spacial score (nSPS) is 48.1. The van der Waals surface area contributed by atoms with Crippen molar-refractivity contribution < 1.29 is 24.9 Å². The van der Waals surface area contributed by atoms with Crippen molar-refractivity contribution in [3.05, 3.63) is 0 Å². The SMILES string of the molecule is C[C@]1(O)C[C@@H]2C[C@@H]1[C@H](C(=O)O)[C@@H]2C(=O)O. The van der Waals surface area contributed by atoms with Crippen LogP contribution in [-0.4, -0.2) is 32.9 Å². The van der Waals surface area contributed by atoms with Crippen molar-refractivity contribution in [2.75, 3.05) is 0 Å². The maximum absolute atomic E-state index is 11.0. The summed E-state index contributed by atoms with van der Waals surface area (Å²) in [5, 5.41) is 27.9. The molecule has 0 heterocycles. The number of carboxylic acids is 2. The van der Waals surface area contributed by atoms with Crippen LogP contribution < -0.4 is 0 Å². The summed E-state index contributed by atoms with van der Waals surface area (Å²) in [6.45, 7) is 1.60. The third kappa shape index (κ3) is 1.33. The average molecular weight is 214 g/mol. The Morgan fingerprint density at radius 3 is 2.20 bits per heavy atom. The first kappa shape index (κ1) is 10.4. The molecule has 2 rings (SSSR count). The lowest BCUT2D eigenvalue weighted by molar-refractivity contribution is -0.162. The van der Waals surface area contributed by atoms with Gasteiger partial charge in [0.2, 0.25) is 0 Å². The Labute approximate surface area is 86.7 Å². The zero-order valence-corrected chi connectivity index (χ0v) is 8.38. The van der Waals surface area contributed by atoms with Crippen LogP contribution in [0.2, 0.25) is 0 Å². The summed E-state index contributed by atoms with van der Waals surface area (Å²) in [7, 11) is 0. The Kier molecular flexibility index (Phi) is 2.05. The average Bonchev–Trinajstić information content (AvgIpc) is 2.54. The number of fused-ring (bicyclic) bond motifs is 2. The first-order valence-electron chi connectivity index (χ1n) is 5.02. The van der Waals surface area contributed by atoms with Crippen molar-refractivity contribution in [1.82, 2.24) is 0 Å². The first-order valence-corrected chi connectivity index (χ1v) is 5.02. The molecule has 15 heavy (non-hydrogen) atoms. The highest BCUT2D eigenvalue weighted by Crippen LogP contribution is 2.57. The van der Waals surface area contributed by atoms with E-state index in [0.717, 1.165) is 0 Å². The molecule has 0 saturated heterocycles. The van der Waals surface area contributed by atoms with Crippen molar-refractivity contribution in [3.63, 3.8) is 0 Å². The molecule has 2 bridgehead atoms. The van der Waals surface area contributed by atoms with Gasteiger partial charge in [0.25, 0.3) is 0 Å². The van der Waals surface area contributed by atoms with Crippen LogP contribution in [0.25, 0.3) is 0 Å². The molecule has 2 aliphatic carbocycles. The van der Waals surface area contributed by atoms with E-state index in [-0.39, 0.29) is 5.92 Å². The van der Waals surface area contributed by atoms with Gasteiger partial charge in [0.1, 0.15) is 0 Å². The quantitative estimate of drug-likeness (QED) is 0.609. The Morgan fingerprint density at radius 2 is 1.73 bits per heavy atom. The van der Waals surface area contributed by atoms with E-state index in [0.29, 0.717) is 12.8 Å². The van der Waals surface area contributed by atoms with Crippen LogP contribution in [-0.2, 0) is 9.59 Å². The molecule has 2 aliphatic rings. The largest absolute Gasteiger partial charge is 0.481 e. The summed E-state index contributed by atoms with van der Waals surface area (Å²) in [5.74, 6) is -4.52. The second kappa shape index (κ2) is 2.95. The molecule has 0 aromatic rings. The van der Waals surface area contributed by atoms with E-state index < -0.39 is 35.3 Å². The fraction of sp³-hybridized carbons (Fsp3) is 0.800. The van der Waals surface area contributed by atoms with Crippen LogP contribution in [0.4, 0.5) is 0 Å². The molecular formula is C10H14O5. The van der Waals surface area contributed by atoms with Crippen LogP contribution in [0, 0.1) is 23.7 Å². The van der Waals surface area contributed by atoms with Crippen LogP contribution in [0.3, 0.4) is 0 Å². The minimum absolute atomic E-state index is 0.191. The standard InChI is InChI=1S/C10H14O5/c1-10(15)3-4-2-5(10)7(9(13)14)6(4)8(11)12/h4-7,15H,2-3H2,1H3,(H,11,12)(H,13,14)/t4-,5+,6+,7-,10-/m0/s1. The molecule has 0 aromatic heterocycles. The number of aliphatic carboxylic acids is 2. The molecule has 0 radical (unpaired) electrons. The third-order valence-corrected chi connectivity index (χ3v) is 3.93. The lowest BCUT2D eigenvalue weighted by Gasteiger charge is -2.35. The third-order valence-electron chi connectivity index (χ3n) is 3.93. The van der Waals surface area contributed by atoms with Gasteiger partial charge in [0, 0.05) is 5.92 Å². The topological polar surface area (TPSA) is 94.8 Å². The smallest absolute Gasteiger partial charge is 0.307 e. The van der Waals surface area contributed by atoms with Gasteiger partial charge in [-0.2, -0.15) is 0 Å². The van der Waals surface area contributed by atoms with Crippen molar-refractivity contribution in [3.8, 4) is 0 Å². The molecule has 0 unspecified atom stereocenters. The molecule has 0 spiro atoms. The Bertz CT molecular complexity index is 322. The summed E-state index contributed by atoms with van der Waals surface area (Å²) >= 11 is 0. The fourth-order valence-electron chi connectivity index (χ4n) is 3.38. The first-order chi connectivity index (χ1) is 6.84. The summed E-state index contributed by atoms with van der Waals surface area (Å²) in [6, 6.07) is 0. The molecule has 5 nitrogen and oxygen atoms in total. The van der Waals surface area contributed by atoms with Gasteiger partial charge >= 0.3 is 11.9 Å². The molecule has 5 atom stereocenters. The number of hydrogen-bond donors (Lipinski definition) is 3. The minimum Gasteiger partial charge on any atom is -0.481 e. The summed E-state index contributed by atoms with van der Waals surface area (Å²) in [4.78, 5) is 22.0. The molecule has 5 heteroatoms. The van der Waals surface area contributed by atoms with E-state index in [4.69, 9.17) is 10.2 Å². The summed E-state index contributed by atoms with van der Waals surface area (Å²) in [6.07, 6.45) is 0.916.